The van der Waals surface area contributed by atoms with E-state index in [4.69, 9.17) is 10.5 Å². The molecule has 0 aliphatic carbocycles. The molecule has 0 spiro atoms. The molecule has 0 saturated carbocycles. The third-order valence-electron chi connectivity index (χ3n) is 4.40. The van der Waals surface area contributed by atoms with Gasteiger partial charge in [0.1, 0.15) is 5.82 Å². The van der Waals surface area contributed by atoms with Crippen molar-refractivity contribution in [1.82, 2.24) is 15.0 Å². The molecule has 9 nitrogen and oxygen atoms in total. The summed E-state index contributed by atoms with van der Waals surface area (Å²) in [5.41, 5.74) is 6.02. The number of morpholine rings is 1. The molecule has 1 unspecified atom stereocenters. The topological polar surface area (TPSA) is 121 Å². The zero-order chi connectivity index (χ0) is 19.3. The van der Waals surface area contributed by atoms with Crippen molar-refractivity contribution >= 4 is 21.5 Å². The normalized spacial score (nSPS) is 21.4. The summed E-state index contributed by atoms with van der Waals surface area (Å²) in [6, 6.07) is 2.95. The number of halogens is 2. The second kappa shape index (κ2) is 6.23. The Morgan fingerprint density at radius 1 is 1.37 bits per heavy atom. The van der Waals surface area contributed by atoms with Gasteiger partial charge in [-0.3, -0.25) is 0 Å². The number of aromatic nitrogens is 3. The molecule has 2 aliphatic rings. The number of ether oxygens (including phenoxy) is 2. The maximum Gasteiger partial charge on any atom is 0.387 e. The average molecular weight is 399 g/mol. The quantitative estimate of drug-likeness (QED) is 0.725. The number of hydrogen-bond donors (Lipinski definition) is 1. The number of rotatable bonds is 5. The third-order valence-corrected chi connectivity index (χ3v) is 5.24. The zero-order valence-corrected chi connectivity index (χ0v) is 14.9. The largest absolute Gasteiger partial charge is 0.431 e. The summed E-state index contributed by atoms with van der Waals surface area (Å²) in [5.74, 6) is -0.119. The predicted octanol–water partition coefficient (Wildman–Crippen LogP) is 0.713. The van der Waals surface area contributed by atoms with E-state index in [1.165, 1.54) is 12.3 Å². The fourth-order valence-corrected chi connectivity index (χ4v) is 3.42. The van der Waals surface area contributed by atoms with E-state index in [1.54, 1.807) is 6.07 Å². The van der Waals surface area contributed by atoms with Crippen molar-refractivity contribution in [2.45, 2.75) is 23.9 Å². The van der Waals surface area contributed by atoms with Gasteiger partial charge in [0.15, 0.2) is 11.6 Å². The number of anilines is 2. The number of sulfone groups is 1. The molecule has 0 radical (unpaired) electrons. The second-order valence-electron chi connectivity index (χ2n) is 6.24. The van der Waals surface area contributed by atoms with Gasteiger partial charge in [-0.05, 0) is 6.07 Å². The van der Waals surface area contributed by atoms with Crippen molar-refractivity contribution in [2.75, 3.05) is 30.0 Å². The van der Waals surface area contributed by atoms with Crippen LogP contribution in [0.2, 0.25) is 0 Å². The summed E-state index contributed by atoms with van der Waals surface area (Å²) < 4.78 is 58.8. The van der Waals surface area contributed by atoms with Crippen molar-refractivity contribution < 1.29 is 26.7 Å². The van der Waals surface area contributed by atoms with Crippen molar-refractivity contribution in [2.24, 2.45) is 0 Å². The van der Waals surface area contributed by atoms with Gasteiger partial charge in [-0.2, -0.15) is 8.78 Å². The van der Waals surface area contributed by atoms with Crippen molar-refractivity contribution in [3.05, 3.63) is 18.3 Å². The first kappa shape index (κ1) is 17.8. The summed E-state index contributed by atoms with van der Waals surface area (Å²) in [6.07, 6.45) is 2.42. The van der Waals surface area contributed by atoms with E-state index in [1.807, 2.05) is 4.90 Å². The van der Waals surface area contributed by atoms with Crippen LogP contribution < -0.4 is 15.4 Å². The molecular formula is C15H15F2N5O4S. The van der Waals surface area contributed by atoms with Crippen molar-refractivity contribution in [3.63, 3.8) is 0 Å². The van der Waals surface area contributed by atoms with Crippen LogP contribution in [0.15, 0.2) is 23.5 Å². The Morgan fingerprint density at radius 3 is 2.70 bits per heavy atom. The molecule has 0 bridgehead atoms. The van der Waals surface area contributed by atoms with E-state index >= 15 is 0 Å². The lowest BCUT2D eigenvalue weighted by molar-refractivity contribution is -0.113. The van der Waals surface area contributed by atoms with Gasteiger partial charge < -0.3 is 20.1 Å². The van der Waals surface area contributed by atoms with E-state index in [0.29, 0.717) is 19.0 Å². The van der Waals surface area contributed by atoms with Gasteiger partial charge in [0.05, 0.1) is 24.4 Å². The fraction of sp³-hybridized carbons (Fsp3) is 0.400. The third kappa shape index (κ3) is 3.25. The van der Waals surface area contributed by atoms with Crippen LogP contribution in [0, 0.1) is 0 Å². The molecule has 4 heterocycles. The predicted molar refractivity (Wildman–Crippen MR) is 90.3 cm³/mol. The summed E-state index contributed by atoms with van der Waals surface area (Å²) in [5, 5.41) is -0.369. The zero-order valence-electron chi connectivity index (χ0n) is 14.0. The van der Waals surface area contributed by atoms with Gasteiger partial charge in [0.25, 0.3) is 0 Å². The Kier molecular flexibility index (Phi) is 4.11. The van der Waals surface area contributed by atoms with Crippen LogP contribution in [0.1, 0.15) is 0 Å². The maximum atomic E-state index is 12.5. The lowest BCUT2D eigenvalue weighted by atomic mass is 9.95. The molecule has 0 amide bonds. The highest BCUT2D eigenvalue weighted by atomic mass is 32.2. The highest BCUT2D eigenvalue weighted by Gasteiger charge is 2.48. The number of nitrogen functional groups attached to an aromatic ring is 1. The van der Waals surface area contributed by atoms with Gasteiger partial charge in [-0.25, -0.2) is 23.4 Å². The number of fused-ring (bicyclic) bond motifs is 1. The molecule has 2 saturated heterocycles. The number of hydrogen-bond acceptors (Lipinski definition) is 9. The number of nitrogens with two attached hydrogens (primary N) is 1. The van der Waals surface area contributed by atoms with E-state index in [9.17, 15) is 17.2 Å². The average Bonchev–Trinajstić information content (AvgIpc) is 2.57. The lowest BCUT2D eigenvalue weighted by Gasteiger charge is -2.55. The van der Waals surface area contributed by atoms with Crippen LogP contribution in [0.25, 0.3) is 11.3 Å². The van der Waals surface area contributed by atoms with Gasteiger partial charge in [0.2, 0.25) is 15.0 Å². The van der Waals surface area contributed by atoms with Gasteiger partial charge in [-0.1, -0.05) is 0 Å². The molecule has 2 aliphatic heterocycles. The molecule has 2 fully saturated rings. The monoisotopic (exact) mass is 399 g/mol. The molecule has 0 aromatic carbocycles. The molecule has 2 aromatic heterocycles. The Morgan fingerprint density at radius 2 is 2.15 bits per heavy atom. The number of nitrogens with zero attached hydrogens (tertiary/aromatic N) is 4. The Bertz CT molecular complexity index is 1000. The van der Waals surface area contributed by atoms with E-state index in [-0.39, 0.29) is 40.1 Å². The first-order valence-corrected chi connectivity index (χ1v) is 9.79. The maximum absolute atomic E-state index is 12.5. The Hall–Kier alpha value is -2.60. The SMILES string of the molecule is CS(=O)(=O)c1nc(-c2cnc(N)c(OC(F)F)c2)cc(N2C[C@H]3OCC32)n1. The Balaban J connectivity index is 1.78. The minimum absolute atomic E-state index is 0.120. The second-order valence-corrected chi connectivity index (χ2v) is 8.15. The van der Waals surface area contributed by atoms with Crippen LogP contribution in [-0.2, 0) is 14.6 Å². The van der Waals surface area contributed by atoms with Crippen LogP contribution in [0.5, 0.6) is 5.75 Å². The van der Waals surface area contributed by atoms with E-state index in [0.717, 1.165) is 6.26 Å². The first-order valence-electron chi connectivity index (χ1n) is 7.90. The van der Waals surface area contributed by atoms with Gasteiger partial charge in [-0.15, -0.1) is 0 Å². The van der Waals surface area contributed by atoms with Crippen molar-refractivity contribution in [1.29, 1.82) is 0 Å². The molecule has 144 valence electrons. The van der Waals surface area contributed by atoms with Gasteiger partial charge in [0, 0.05) is 30.6 Å². The summed E-state index contributed by atoms with van der Waals surface area (Å²) in [4.78, 5) is 13.9. The molecular weight excluding hydrogens is 384 g/mol. The highest BCUT2D eigenvalue weighted by molar-refractivity contribution is 7.90. The lowest BCUT2D eigenvalue weighted by Crippen LogP contribution is -2.71. The minimum atomic E-state index is -3.70. The minimum Gasteiger partial charge on any atom is -0.431 e. The van der Waals surface area contributed by atoms with Crippen LogP contribution >= 0.6 is 0 Å². The number of pyridine rings is 1. The standard InChI is InChI=1S/C15H15F2N5O4S/c1-27(23,24)15-20-8(3-12(21-15)22-5-11-9(22)6-25-11)7-2-10(26-14(16)17)13(18)19-4-7/h2-4,9,11,14H,5-6H2,1H3,(H2,18,19)/t9?,11-/m1/s1. The number of alkyl halides is 2. The summed E-state index contributed by atoms with van der Waals surface area (Å²) in [6.45, 7) is -1.95. The smallest absolute Gasteiger partial charge is 0.387 e. The van der Waals surface area contributed by atoms with Crippen LogP contribution in [-0.4, -0.2) is 61.5 Å². The van der Waals surface area contributed by atoms with Gasteiger partial charge >= 0.3 is 6.61 Å². The first-order chi connectivity index (χ1) is 12.7. The van der Waals surface area contributed by atoms with Crippen LogP contribution in [0.3, 0.4) is 0 Å². The molecule has 2 N–H and O–H groups in total. The van der Waals surface area contributed by atoms with E-state index in [2.05, 4.69) is 19.7 Å². The molecule has 4 rings (SSSR count). The molecule has 27 heavy (non-hydrogen) atoms. The highest BCUT2D eigenvalue weighted by Crippen LogP contribution is 2.36. The van der Waals surface area contributed by atoms with E-state index < -0.39 is 16.4 Å². The molecule has 2 atom stereocenters. The summed E-state index contributed by atoms with van der Waals surface area (Å²) >= 11 is 0. The fourth-order valence-electron chi connectivity index (χ4n) is 2.90. The molecule has 2 aromatic rings. The Labute approximate surface area is 153 Å². The van der Waals surface area contributed by atoms with Crippen molar-refractivity contribution in [3.8, 4) is 17.0 Å². The molecule has 12 heteroatoms. The van der Waals surface area contributed by atoms with Crippen LogP contribution in [0.4, 0.5) is 20.4 Å². The summed E-state index contributed by atoms with van der Waals surface area (Å²) in [7, 11) is -3.70.